The average Bonchev–Trinajstić information content (AvgIpc) is 2.46. The molecule has 22 heavy (non-hydrogen) atoms. The number of carboxylic acid groups (broad SMARTS) is 1. The highest BCUT2D eigenvalue weighted by Gasteiger charge is 2.14. The van der Waals surface area contributed by atoms with E-state index in [2.05, 4.69) is 10.2 Å². The summed E-state index contributed by atoms with van der Waals surface area (Å²) in [5, 5.41) is 45.8. The van der Waals surface area contributed by atoms with Crippen molar-refractivity contribution in [3.05, 3.63) is 52.1 Å². The maximum absolute atomic E-state index is 10.9. The third kappa shape index (κ3) is 3.15. The fraction of sp³-hybridized carbons (Fsp3) is 0. The second-order valence-corrected chi connectivity index (χ2v) is 4.14. The van der Waals surface area contributed by atoms with E-state index < -0.39 is 28.0 Å². The van der Waals surface area contributed by atoms with Gasteiger partial charge in [-0.15, -0.1) is 5.11 Å². The normalized spacial score (nSPS) is 10.7. The number of rotatable bonds is 4. The van der Waals surface area contributed by atoms with E-state index in [4.69, 9.17) is 5.11 Å². The molecule has 0 heterocycles. The third-order valence-corrected chi connectivity index (χ3v) is 2.64. The molecule has 2 rings (SSSR count). The van der Waals surface area contributed by atoms with Gasteiger partial charge in [-0.1, -0.05) is 6.07 Å². The molecule has 0 bridgehead atoms. The van der Waals surface area contributed by atoms with Crippen LogP contribution in [0.25, 0.3) is 0 Å². The average molecular weight is 303 g/mol. The number of phenolic OH excluding ortho intramolecular Hbond substituents is 1. The molecule has 0 aliphatic rings. The molecule has 0 aliphatic carbocycles. The lowest BCUT2D eigenvalue weighted by molar-refractivity contribution is -0.384. The minimum absolute atomic E-state index is 0.151. The Balaban J connectivity index is 2.38. The molecule has 9 heteroatoms. The van der Waals surface area contributed by atoms with Crippen LogP contribution in [-0.2, 0) is 0 Å². The maximum Gasteiger partial charge on any atom is 0.339 e. The molecule has 9 nitrogen and oxygen atoms in total. The summed E-state index contributed by atoms with van der Waals surface area (Å²) in [6, 6.07) is 7.07. The van der Waals surface area contributed by atoms with Gasteiger partial charge in [0.1, 0.15) is 22.7 Å². The van der Waals surface area contributed by atoms with Gasteiger partial charge >= 0.3 is 5.97 Å². The summed E-state index contributed by atoms with van der Waals surface area (Å²) in [7, 11) is 0. The van der Waals surface area contributed by atoms with Crippen LogP contribution in [0.4, 0.5) is 17.1 Å². The van der Waals surface area contributed by atoms with Crippen molar-refractivity contribution >= 4 is 23.0 Å². The molecule has 0 atom stereocenters. The summed E-state index contributed by atoms with van der Waals surface area (Å²) < 4.78 is 0. The summed E-state index contributed by atoms with van der Waals surface area (Å²) in [6.07, 6.45) is 0. The zero-order valence-electron chi connectivity index (χ0n) is 10.9. The Morgan fingerprint density at radius 3 is 2.45 bits per heavy atom. The minimum atomic E-state index is -1.40. The van der Waals surface area contributed by atoms with Crippen LogP contribution < -0.4 is 0 Å². The van der Waals surface area contributed by atoms with E-state index in [0.29, 0.717) is 0 Å². The molecule has 0 fully saturated rings. The Labute approximate surface area is 122 Å². The largest absolute Gasteiger partial charge is 0.507 e. The first-order valence-corrected chi connectivity index (χ1v) is 5.84. The molecule has 0 amide bonds. The van der Waals surface area contributed by atoms with Gasteiger partial charge in [0, 0.05) is 18.2 Å². The van der Waals surface area contributed by atoms with Crippen LogP contribution in [0.5, 0.6) is 11.5 Å². The molecule has 3 N–H and O–H groups in total. The molecule has 0 unspecified atom stereocenters. The van der Waals surface area contributed by atoms with Crippen molar-refractivity contribution < 1.29 is 25.0 Å². The number of nitro groups is 1. The molecule has 0 aliphatic heterocycles. The SMILES string of the molecule is O=C(O)c1cc(N=Nc2cccc([N+](=O)[O-])c2)c(O)cc1O. The summed E-state index contributed by atoms with van der Waals surface area (Å²) in [5.74, 6) is -2.49. The van der Waals surface area contributed by atoms with Gasteiger partial charge in [-0.3, -0.25) is 10.1 Å². The van der Waals surface area contributed by atoms with Crippen molar-refractivity contribution in [1.29, 1.82) is 0 Å². The highest BCUT2D eigenvalue weighted by atomic mass is 16.6. The lowest BCUT2D eigenvalue weighted by atomic mass is 10.1. The second kappa shape index (κ2) is 5.87. The van der Waals surface area contributed by atoms with Crippen LogP contribution in [0.15, 0.2) is 46.6 Å². The van der Waals surface area contributed by atoms with Gasteiger partial charge in [0.2, 0.25) is 0 Å². The Morgan fingerprint density at radius 2 is 1.82 bits per heavy atom. The molecule has 0 saturated heterocycles. The van der Waals surface area contributed by atoms with Gasteiger partial charge < -0.3 is 15.3 Å². The summed E-state index contributed by atoms with van der Waals surface area (Å²) in [6.45, 7) is 0. The van der Waals surface area contributed by atoms with Gasteiger partial charge in [-0.05, 0) is 12.1 Å². The number of nitrogens with zero attached hydrogens (tertiary/aromatic N) is 3. The maximum atomic E-state index is 10.9. The fourth-order valence-electron chi connectivity index (χ4n) is 1.60. The molecular formula is C13H9N3O6. The number of hydrogen-bond acceptors (Lipinski definition) is 7. The summed E-state index contributed by atoms with van der Waals surface area (Å²) in [5.41, 5.74) is -0.677. The van der Waals surface area contributed by atoms with Crippen molar-refractivity contribution in [3.8, 4) is 11.5 Å². The number of aromatic hydroxyl groups is 2. The van der Waals surface area contributed by atoms with Gasteiger partial charge in [-0.25, -0.2) is 4.79 Å². The van der Waals surface area contributed by atoms with Gasteiger partial charge in [0.15, 0.2) is 0 Å². The predicted molar refractivity (Wildman–Crippen MR) is 74.0 cm³/mol. The summed E-state index contributed by atoms with van der Waals surface area (Å²) in [4.78, 5) is 20.9. The van der Waals surface area contributed by atoms with E-state index in [1.54, 1.807) is 0 Å². The molecule has 112 valence electrons. The number of phenols is 2. The number of carbonyl (C=O) groups is 1. The number of benzene rings is 2. The number of hydrogen-bond donors (Lipinski definition) is 3. The predicted octanol–water partition coefficient (Wildman–Crippen LogP) is 3.12. The highest BCUT2D eigenvalue weighted by Crippen LogP contribution is 2.34. The van der Waals surface area contributed by atoms with Crippen molar-refractivity contribution in [2.24, 2.45) is 10.2 Å². The van der Waals surface area contributed by atoms with E-state index in [1.807, 2.05) is 0 Å². The molecule has 0 aromatic heterocycles. The first-order chi connectivity index (χ1) is 10.4. The zero-order chi connectivity index (χ0) is 16.3. The van der Waals surface area contributed by atoms with Crippen LogP contribution in [-0.4, -0.2) is 26.2 Å². The third-order valence-electron chi connectivity index (χ3n) is 2.64. The fourth-order valence-corrected chi connectivity index (χ4v) is 1.60. The standard InChI is InChI=1S/C13H9N3O6/c17-11-6-12(18)10(5-9(11)13(19)20)15-14-7-2-1-3-8(4-7)16(21)22/h1-6,17-18H,(H,19,20). The lowest BCUT2D eigenvalue weighted by Crippen LogP contribution is -1.96. The first-order valence-electron chi connectivity index (χ1n) is 5.84. The Kier molecular flexibility index (Phi) is 3.98. The lowest BCUT2D eigenvalue weighted by Gasteiger charge is -2.03. The van der Waals surface area contributed by atoms with E-state index in [9.17, 15) is 25.1 Å². The zero-order valence-corrected chi connectivity index (χ0v) is 10.9. The number of aromatic carboxylic acids is 1. The van der Waals surface area contributed by atoms with Crippen LogP contribution in [0.3, 0.4) is 0 Å². The van der Waals surface area contributed by atoms with Crippen molar-refractivity contribution in [2.45, 2.75) is 0 Å². The number of nitro benzene ring substituents is 1. The number of non-ortho nitro benzene ring substituents is 1. The molecule has 0 spiro atoms. The van der Waals surface area contributed by atoms with Crippen LogP contribution in [0.2, 0.25) is 0 Å². The Hall–Kier alpha value is -3.49. The Bertz CT molecular complexity index is 787. The van der Waals surface area contributed by atoms with Crippen LogP contribution in [0, 0.1) is 10.1 Å². The molecule has 0 saturated carbocycles. The van der Waals surface area contributed by atoms with E-state index >= 15 is 0 Å². The minimum Gasteiger partial charge on any atom is -0.507 e. The van der Waals surface area contributed by atoms with Crippen molar-refractivity contribution in [1.82, 2.24) is 0 Å². The van der Waals surface area contributed by atoms with Crippen LogP contribution in [0.1, 0.15) is 10.4 Å². The Morgan fingerprint density at radius 1 is 1.09 bits per heavy atom. The molecular weight excluding hydrogens is 294 g/mol. The second-order valence-electron chi connectivity index (χ2n) is 4.14. The molecule has 2 aromatic carbocycles. The highest BCUT2D eigenvalue weighted by molar-refractivity contribution is 5.92. The first kappa shape index (κ1) is 14.9. The van der Waals surface area contributed by atoms with Crippen molar-refractivity contribution in [2.75, 3.05) is 0 Å². The van der Waals surface area contributed by atoms with E-state index in [-0.39, 0.29) is 17.1 Å². The van der Waals surface area contributed by atoms with E-state index in [0.717, 1.165) is 12.1 Å². The monoisotopic (exact) mass is 303 g/mol. The smallest absolute Gasteiger partial charge is 0.339 e. The summed E-state index contributed by atoms with van der Waals surface area (Å²) >= 11 is 0. The topological polar surface area (TPSA) is 146 Å². The number of azo groups is 1. The van der Waals surface area contributed by atoms with Crippen LogP contribution >= 0.6 is 0 Å². The van der Waals surface area contributed by atoms with Gasteiger partial charge in [-0.2, -0.15) is 5.11 Å². The van der Waals surface area contributed by atoms with Crippen molar-refractivity contribution in [3.63, 3.8) is 0 Å². The quantitative estimate of drug-likeness (QED) is 0.449. The molecule has 0 radical (unpaired) electrons. The van der Waals surface area contributed by atoms with Gasteiger partial charge in [0.25, 0.3) is 5.69 Å². The molecule has 2 aromatic rings. The number of carboxylic acids is 1. The van der Waals surface area contributed by atoms with E-state index in [1.165, 1.54) is 24.3 Å². The van der Waals surface area contributed by atoms with Gasteiger partial charge in [0.05, 0.1) is 10.6 Å².